The molecule has 1 saturated heterocycles. The van der Waals surface area contributed by atoms with Gasteiger partial charge in [-0.25, -0.2) is 0 Å². The molecule has 16 heavy (non-hydrogen) atoms. The van der Waals surface area contributed by atoms with Crippen LogP contribution in [0.15, 0.2) is 18.3 Å². The molecular formula is C12H19N3O. The van der Waals surface area contributed by atoms with Crippen LogP contribution in [0.3, 0.4) is 0 Å². The van der Waals surface area contributed by atoms with Crippen molar-refractivity contribution in [2.45, 2.75) is 31.9 Å². The van der Waals surface area contributed by atoms with E-state index in [2.05, 4.69) is 16.0 Å². The van der Waals surface area contributed by atoms with Gasteiger partial charge in [-0.1, -0.05) is 0 Å². The van der Waals surface area contributed by atoms with Crippen LogP contribution in [0.2, 0.25) is 0 Å². The molecule has 0 amide bonds. The molecule has 3 N–H and O–H groups in total. The molecular weight excluding hydrogens is 202 g/mol. The first-order chi connectivity index (χ1) is 7.66. The summed E-state index contributed by atoms with van der Waals surface area (Å²) >= 11 is 0. The Bertz CT molecular complexity index is 329. The van der Waals surface area contributed by atoms with Gasteiger partial charge in [-0.2, -0.15) is 0 Å². The van der Waals surface area contributed by atoms with Crippen LogP contribution < -0.4 is 10.6 Å². The van der Waals surface area contributed by atoms with Crippen LogP contribution in [0, 0.1) is 0 Å². The molecule has 1 aromatic rings. The number of nitrogens with zero attached hydrogens (tertiary/aromatic N) is 2. The Morgan fingerprint density at radius 2 is 2.12 bits per heavy atom. The highest BCUT2D eigenvalue weighted by Crippen LogP contribution is 2.20. The van der Waals surface area contributed by atoms with Gasteiger partial charge in [0.2, 0.25) is 0 Å². The third kappa shape index (κ3) is 2.51. The highest BCUT2D eigenvalue weighted by atomic mass is 16.3. The molecule has 1 aliphatic heterocycles. The van der Waals surface area contributed by atoms with Gasteiger partial charge in [-0.3, -0.25) is 4.98 Å². The van der Waals surface area contributed by atoms with Gasteiger partial charge in [-0.05, 0) is 31.9 Å². The van der Waals surface area contributed by atoms with E-state index < -0.39 is 0 Å². The monoisotopic (exact) mass is 221 g/mol. The number of rotatable bonds is 2. The van der Waals surface area contributed by atoms with Gasteiger partial charge in [0.1, 0.15) is 0 Å². The lowest BCUT2D eigenvalue weighted by atomic mass is 10.1. The summed E-state index contributed by atoms with van der Waals surface area (Å²) in [5.41, 5.74) is 7.79. The molecule has 2 heterocycles. The summed E-state index contributed by atoms with van der Waals surface area (Å²) in [5.74, 6) is 0. The molecule has 4 heteroatoms. The van der Waals surface area contributed by atoms with Crippen molar-refractivity contribution in [3.63, 3.8) is 0 Å². The van der Waals surface area contributed by atoms with E-state index in [1.807, 2.05) is 19.2 Å². The quantitative estimate of drug-likeness (QED) is 0.784. The fourth-order valence-corrected chi connectivity index (χ4v) is 1.98. The van der Waals surface area contributed by atoms with E-state index >= 15 is 0 Å². The molecule has 88 valence electrons. The number of pyridine rings is 1. The minimum atomic E-state index is -0.132. The predicted octanol–water partition coefficient (Wildman–Crippen LogP) is 1.06. The summed E-state index contributed by atoms with van der Waals surface area (Å²) in [4.78, 5) is 6.60. The normalized spacial score (nSPS) is 19.8. The summed E-state index contributed by atoms with van der Waals surface area (Å²) in [6.07, 6.45) is 3.42. The Balaban J connectivity index is 2.04. The number of aromatic nitrogens is 1. The van der Waals surface area contributed by atoms with Crippen molar-refractivity contribution in [3.05, 3.63) is 24.0 Å². The van der Waals surface area contributed by atoms with E-state index in [1.54, 1.807) is 0 Å². The van der Waals surface area contributed by atoms with Crippen LogP contribution in [0.25, 0.3) is 0 Å². The third-order valence-corrected chi connectivity index (χ3v) is 3.07. The lowest BCUT2D eigenvalue weighted by molar-refractivity contribution is 0.145. The Morgan fingerprint density at radius 1 is 1.44 bits per heavy atom. The van der Waals surface area contributed by atoms with Crippen LogP contribution in [0.1, 0.15) is 31.5 Å². The smallest absolute Gasteiger partial charge is 0.0574 e. The summed E-state index contributed by atoms with van der Waals surface area (Å²) in [6, 6.07) is 4.02. The number of hydrogen-bond donors (Lipinski definition) is 2. The van der Waals surface area contributed by atoms with Gasteiger partial charge in [-0.15, -0.1) is 0 Å². The van der Waals surface area contributed by atoms with E-state index in [1.165, 1.54) is 0 Å². The lowest BCUT2D eigenvalue weighted by Crippen LogP contribution is -2.35. The molecule has 0 aliphatic carbocycles. The van der Waals surface area contributed by atoms with E-state index in [4.69, 9.17) is 5.73 Å². The second kappa shape index (κ2) is 4.80. The molecule has 0 saturated carbocycles. The molecule has 0 bridgehead atoms. The summed E-state index contributed by atoms with van der Waals surface area (Å²) in [6.45, 7) is 3.74. The van der Waals surface area contributed by atoms with Crippen LogP contribution in [0.5, 0.6) is 0 Å². The SMILES string of the molecule is C[C@H](N)c1ccc(N2CCC(O)CC2)cn1. The molecule has 1 aromatic heterocycles. The van der Waals surface area contributed by atoms with Crippen molar-refractivity contribution in [3.8, 4) is 0 Å². The number of aliphatic hydroxyl groups is 1. The van der Waals surface area contributed by atoms with Crippen molar-refractivity contribution >= 4 is 5.69 Å². The van der Waals surface area contributed by atoms with Crippen LogP contribution in [-0.2, 0) is 0 Å². The zero-order valence-corrected chi connectivity index (χ0v) is 9.63. The van der Waals surface area contributed by atoms with Gasteiger partial charge in [0.05, 0.1) is 23.7 Å². The minimum Gasteiger partial charge on any atom is -0.393 e. The highest BCUT2D eigenvalue weighted by Gasteiger charge is 2.17. The number of piperidine rings is 1. The summed E-state index contributed by atoms with van der Waals surface area (Å²) in [5, 5.41) is 9.43. The fourth-order valence-electron chi connectivity index (χ4n) is 1.98. The van der Waals surface area contributed by atoms with Crippen molar-refractivity contribution < 1.29 is 5.11 Å². The number of anilines is 1. The first kappa shape index (κ1) is 11.4. The average molecular weight is 221 g/mol. The van der Waals surface area contributed by atoms with Gasteiger partial charge in [0.25, 0.3) is 0 Å². The Labute approximate surface area is 96.1 Å². The van der Waals surface area contributed by atoms with Crippen LogP contribution in [-0.4, -0.2) is 29.3 Å². The largest absolute Gasteiger partial charge is 0.393 e. The van der Waals surface area contributed by atoms with E-state index in [9.17, 15) is 5.11 Å². The van der Waals surface area contributed by atoms with E-state index in [0.717, 1.165) is 37.3 Å². The third-order valence-electron chi connectivity index (χ3n) is 3.07. The van der Waals surface area contributed by atoms with Crippen molar-refractivity contribution in [1.29, 1.82) is 0 Å². The molecule has 0 aromatic carbocycles. The van der Waals surface area contributed by atoms with E-state index in [-0.39, 0.29) is 12.1 Å². The highest BCUT2D eigenvalue weighted by molar-refractivity contribution is 5.45. The number of hydrogen-bond acceptors (Lipinski definition) is 4. The second-order valence-electron chi connectivity index (χ2n) is 4.45. The molecule has 0 spiro atoms. The first-order valence-electron chi connectivity index (χ1n) is 5.81. The second-order valence-corrected chi connectivity index (χ2v) is 4.45. The van der Waals surface area contributed by atoms with Crippen LogP contribution >= 0.6 is 0 Å². The van der Waals surface area contributed by atoms with Gasteiger partial charge < -0.3 is 15.7 Å². The predicted molar refractivity (Wildman–Crippen MR) is 64.3 cm³/mol. The molecule has 4 nitrogen and oxygen atoms in total. The maximum absolute atomic E-state index is 9.43. The Kier molecular flexibility index (Phi) is 3.41. The first-order valence-corrected chi connectivity index (χ1v) is 5.81. The van der Waals surface area contributed by atoms with E-state index in [0.29, 0.717) is 0 Å². The maximum Gasteiger partial charge on any atom is 0.0574 e. The van der Waals surface area contributed by atoms with Gasteiger partial charge in [0.15, 0.2) is 0 Å². The van der Waals surface area contributed by atoms with Crippen molar-refractivity contribution in [2.75, 3.05) is 18.0 Å². The number of nitrogens with two attached hydrogens (primary N) is 1. The van der Waals surface area contributed by atoms with Crippen LogP contribution in [0.4, 0.5) is 5.69 Å². The average Bonchev–Trinajstić information content (AvgIpc) is 2.30. The molecule has 1 atom stereocenters. The standard InChI is InChI=1S/C12H19N3O/c1-9(13)12-3-2-10(8-14-12)15-6-4-11(16)5-7-15/h2-3,8-9,11,16H,4-7,13H2,1H3/t9-/m0/s1. The lowest BCUT2D eigenvalue weighted by Gasteiger charge is -2.31. The molecule has 0 unspecified atom stereocenters. The fraction of sp³-hybridized carbons (Fsp3) is 0.583. The molecule has 2 rings (SSSR count). The van der Waals surface area contributed by atoms with Gasteiger partial charge in [0, 0.05) is 19.1 Å². The molecule has 1 aliphatic rings. The van der Waals surface area contributed by atoms with Crippen molar-refractivity contribution in [2.24, 2.45) is 5.73 Å². The Morgan fingerprint density at radius 3 is 2.62 bits per heavy atom. The Hall–Kier alpha value is -1.13. The van der Waals surface area contributed by atoms with Crippen molar-refractivity contribution in [1.82, 2.24) is 4.98 Å². The topological polar surface area (TPSA) is 62.4 Å². The van der Waals surface area contributed by atoms with Gasteiger partial charge >= 0.3 is 0 Å². The molecule has 0 radical (unpaired) electrons. The minimum absolute atomic E-state index is 0.0165. The molecule has 1 fully saturated rings. The zero-order chi connectivity index (χ0) is 11.5. The summed E-state index contributed by atoms with van der Waals surface area (Å²) in [7, 11) is 0. The maximum atomic E-state index is 9.43. The summed E-state index contributed by atoms with van der Waals surface area (Å²) < 4.78 is 0. The number of aliphatic hydroxyl groups excluding tert-OH is 1. The zero-order valence-electron chi connectivity index (χ0n) is 9.63.